The lowest BCUT2D eigenvalue weighted by Gasteiger charge is -2.19. The molecule has 0 rings (SSSR count). The van der Waals surface area contributed by atoms with Crippen LogP contribution in [0.4, 0.5) is 0 Å². The maximum atomic E-state index is 12.7. The molecule has 3 N–H and O–H groups in total. The number of carbonyl (C=O) groups excluding carboxylic acids is 2. The van der Waals surface area contributed by atoms with E-state index >= 15 is 0 Å². The largest absolute Gasteiger partial charge is 0.472 e. The normalized spacial score (nSPS) is 13.0. The molecule has 0 heterocycles. The van der Waals surface area contributed by atoms with Gasteiger partial charge in [-0.25, -0.2) is 4.57 Å². The predicted molar refractivity (Wildman–Crippen MR) is 312 cm³/mol. The minimum atomic E-state index is -4.38. The van der Waals surface area contributed by atoms with Gasteiger partial charge in [-0.2, -0.15) is 0 Å². The van der Waals surface area contributed by atoms with Crippen LogP contribution in [0.2, 0.25) is 0 Å². The van der Waals surface area contributed by atoms with Crippen molar-refractivity contribution in [1.29, 1.82) is 0 Å². The lowest BCUT2D eigenvalue weighted by molar-refractivity contribution is -0.161. The third-order valence-electron chi connectivity index (χ3n) is 14.7. The van der Waals surface area contributed by atoms with E-state index in [2.05, 4.69) is 26.0 Å². The van der Waals surface area contributed by atoms with E-state index in [4.69, 9.17) is 24.3 Å². The minimum Gasteiger partial charge on any atom is -0.462 e. The third-order valence-corrected chi connectivity index (χ3v) is 15.6. The summed E-state index contributed by atoms with van der Waals surface area (Å²) in [6.07, 6.45) is 70.4. The van der Waals surface area contributed by atoms with Gasteiger partial charge in [-0.3, -0.25) is 18.6 Å². The van der Waals surface area contributed by atoms with E-state index in [0.29, 0.717) is 6.42 Å². The Bertz CT molecular complexity index is 1200. The molecule has 0 saturated carbocycles. The summed E-state index contributed by atoms with van der Waals surface area (Å²) in [5, 5.41) is 0. The Morgan fingerprint density at radius 1 is 0.397 bits per heavy atom. The maximum Gasteiger partial charge on any atom is 0.472 e. The number of allylic oxidation sites excluding steroid dienone is 2. The Morgan fingerprint density at radius 2 is 0.671 bits per heavy atom. The molecule has 2 unspecified atom stereocenters. The van der Waals surface area contributed by atoms with Crippen LogP contribution in [0.25, 0.3) is 0 Å². The van der Waals surface area contributed by atoms with Gasteiger partial charge in [0.25, 0.3) is 0 Å². The van der Waals surface area contributed by atoms with E-state index in [1.165, 1.54) is 283 Å². The number of esters is 2. The van der Waals surface area contributed by atoms with Gasteiger partial charge in [-0.15, -0.1) is 0 Å². The molecule has 0 fully saturated rings. The zero-order chi connectivity index (χ0) is 53.1. The van der Waals surface area contributed by atoms with Crippen molar-refractivity contribution in [2.24, 2.45) is 5.73 Å². The Morgan fingerprint density at radius 3 is 0.973 bits per heavy atom. The summed E-state index contributed by atoms with van der Waals surface area (Å²) in [4.78, 5) is 35.1. The molecule has 73 heavy (non-hydrogen) atoms. The second kappa shape index (κ2) is 60.0. The molecular formula is C63H124NO8P. The van der Waals surface area contributed by atoms with Gasteiger partial charge in [0.1, 0.15) is 6.61 Å². The first-order valence-electron chi connectivity index (χ1n) is 32.2. The first-order valence-corrected chi connectivity index (χ1v) is 33.7. The average Bonchev–Trinajstić information content (AvgIpc) is 3.38. The second-order valence-corrected chi connectivity index (χ2v) is 23.4. The first kappa shape index (κ1) is 71.8. The molecule has 0 aromatic rings. The van der Waals surface area contributed by atoms with Crippen LogP contribution in [0.1, 0.15) is 348 Å². The van der Waals surface area contributed by atoms with Crippen molar-refractivity contribution >= 4 is 19.8 Å². The molecule has 0 saturated heterocycles. The number of carbonyl (C=O) groups is 2. The van der Waals surface area contributed by atoms with Crippen LogP contribution in [0.5, 0.6) is 0 Å². The SMILES string of the molecule is CCCCCCCCCC/C=C\CCCCCCCCCCCCCCCCCCCCCCCCCCCCCC(=O)OC(COC(=O)CCCCCCCCCCCCCCC)COP(=O)(O)OCCN. The molecule has 0 spiro atoms. The Labute approximate surface area is 453 Å². The molecule has 9 nitrogen and oxygen atoms in total. The number of hydrogen-bond donors (Lipinski definition) is 2. The van der Waals surface area contributed by atoms with Crippen molar-refractivity contribution in [2.45, 2.75) is 354 Å². The summed E-state index contributed by atoms with van der Waals surface area (Å²) in [5.41, 5.74) is 5.38. The number of phosphoric acid groups is 1. The first-order chi connectivity index (χ1) is 35.8. The molecule has 0 amide bonds. The zero-order valence-electron chi connectivity index (χ0n) is 48.7. The summed E-state index contributed by atoms with van der Waals surface area (Å²) in [6.45, 7) is 3.80. The van der Waals surface area contributed by atoms with Crippen LogP contribution in [0.15, 0.2) is 12.2 Å². The highest BCUT2D eigenvalue weighted by Gasteiger charge is 2.26. The van der Waals surface area contributed by atoms with E-state index in [9.17, 15) is 19.0 Å². The van der Waals surface area contributed by atoms with E-state index in [-0.39, 0.29) is 38.6 Å². The van der Waals surface area contributed by atoms with Crippen molar-refractivity contribution in [2.75, 3.05) is 26.4 Å². The molecule has 0 aromatic heterocycles. The predicted octanol–water partition coefficient (Wildman–Crippen LogP) is 20.4. The van der Waals surface area contributed by atoms with Crippen LogP contribution in [0, 0.1) is 0 Å². The highest BCUT2D eigenvalue weighted by atomic mass is 31.2. The van der Waals surface area contributed by atoms with Gasteiger partial charge in [-0.05, 0) is 38.5 Å². The fourth-order valence-corrected chi connectivity index (χ4v) is 10.6. The summed E-state index contributed by atoms with van der Waals surface area (Å²) in [7, 11) is -4.38. The van der Waals surface area contributed by atoms with E-state index < -0.39 is 26.5 Å². The van der Waals surface area contributed by atoms with Crippen LogP contribution < -0.4 is 5.73 Å². The third kappa shape index (κ3) is 59.8. The minimum absolute atomic E-state index is 0.0578. The lowest BCUT2D eigenvalue weighted by Crippen LogP contribution is -2.29. The molecule has 0 aliphatic heterocycles. The van der Waals surface area contributed by atoms with Gasteiger partial charge in [-0.1, -0.05) is 309 Å². The van der Waals surface area contributed by atoms with E-state index in [1.807, 2.05) is 0 Å². The molecule has 0 aliphatic rings. The van der Waals surface area contributed by atoms with Crippen LogP contribution in [-0.2, 0) is 32.7 Å². The topological polar surface area (TPSA) is 134 Å². The van der Waals surface area contributed by atoms with Gasteiger partial charge < -0.3 is 20.1 Å². The van der Waals surface area contributed by atoms with Gasteiger partial charge in [0, 0.05) is 19.4 Å². The second-order valence-electron chi connectivity index (χ2n) is 22.0. The molecule has 2 atom stereocenters. The quantitative estimate of drug-likeness (QED) is 0.0264. The summed E-state index contributed by atoms with van der Waals surface area (Å²) in [5.74, 6) is -0.806. The van der Waals surface area contributed by atoms with E-state index in [1.54, 1.807) is 0 Å². The van der Waals surface area contributed by atoms with Gasteiger partial charge >= 0.3 is 19.8 Å². The van der Waals surface area contributed by atoms with E-state index in [0.717, 1.165) is 32.1 Å². The van der Waals surface area contributed by atoms with Crippen molar-refractivity contribution in [3.63, 3.8) is 0 Å². The monoisotopic (exact) mass is 1050 g/mol. The number of phosphoric ester groups is 1. The van der Waals surface area contributed by atoms with Crippen LogP contribution in [0.3, 0.4) is 0 Å². The Kier molecular flexibility index (Phi) is 59.0. The fourth-order valence-electron chi connectivity index (χ4n) is 9.87. The number of ether oxygens (including phenoxy) is 2. The molecular weight excluding hydrogens is 930 g/mol. The number of rotatable bonds is 62. The van der Waals surface area contributed by atoms with Crippen molar-refractivity contribution in [3.05, 3.63) is 12.2 Å². The van der Waals surface area contributed by atoms with Crippen LogP contribution >= 0.6 is 7.82 Å². The number of hydrogen-bond acceptors (Lipinski definition) is 8. The number of nitrogens with two attached hydrogens (primary N) is 1. The zero-order valence-corrected chi connectivity index (χ0v) is 49.6. The molecule has 0 aliphatic carbocycles. The number of unbranched alkanes of at least 4 members (excludes halogenated alkanes) is 47. The molecule has 10 heteroatoms. The standard InChI is InChI=1S/C63H124NO8P/c1-3-5-7-9-11-13-15-17-18-19-20-21-22-23-24-25-26-27-28-29-30-31-32-33-34-35-36-37-38-39-40-41-42-44-46-48-50-52-54-56-63(66)72-61(60-71-73(67,68)70-58-57-64)59-69-62(65)55-53-51-49-47-45-43-16-14-12-10-8-6-4-2/h19-20,61H,3-18,21-60,64H2,1-2H3,(H,67,68)/b20-19-. The highest BCUT2D eigenvalue weighted by Crippen LogP contribution is 2.43. The van der Waals surface area contributed by atoms with Crippen molar-refractivity contribution in [1.82, 2.24) is 0 Å². The maximum absolute atomic E-state index is 12.7. The fraction of sp³-hybridized carbons (Fsp3) is 0.937. The summed E-state index contributed by atoms with van der Waals surface area (Å²) in [6, 6.07) is 0. The molecule has 434 valence electrons. The summed E-state index contributed by atoms with van der Waals surface area (Å²) >= 11 is 0. The van der Waals surface area contributed by atoms with Gasteiger partial charge in [0.2, 0.25) is 0 Å². The van der Waals surface area contributed by atoms with Crippen LogP contribution in [-0.4, -0.2) is 49.3 Å². The van der Waals surface area contributed by atoms with Gasteiger partial charge in [0.15, 0.2) is 6.10 Å². The summed E-state index contributed by atoms with van der Waals surface area (Å²) < 4.78 is 33.0. The molecule has 0 aromatic carbocycles. The van der Waals surface area contributed by atoms with Crippen molar-refractivity contribution < 1.29 is 37.6 Å². The molecule has 0 bridgehead atoms. The lowest BCUT2D eigenvalue weighted by atomic mass is 10.0. The Balaban J connectivity index is 3.70. The Hall–Kier alpha value is -1.25. The van der Waals surface area contributed by atoms with Crippen molar-refractivity contribution in [3.8, 4) is 0 Å². The van der Waals surface area contributed by atoms with Gasteiger partial charge in [0.05, 0.1) is 13.2 Å². The highest BCUT2D eigenvalue weighted by molar-refractivity contribution is 7.47. The average molecular weight is 1050 g/mol. The smallest absolute Gasteiger partial charge is 0.462 e. The molecule has 0 radical (unpaired) electrons.